The Hall–Kier alpha value is -0.120. The third kappa shape index (κ3) is 6.73. The van der Waals surface area contributed by atoms with E-state index in [2.05, 4.69) is 46.4 Å². The van der Waals surface area contributed by atoms with E-state index >= 15 is 0 Å². The Labute approximate surface area is 120 Å². The molecule has 0 aromatic rings. The van der Waals surface area contributed by atoms with Crippen LogP contribution in [0.1, 0.15) is 54.4 Å². The van der Waals surface area contributed by atoms with Crippen LogP contribution in [-0.2, 0) is 4.74 Å². The maximum atomic E-state index is 6.20. The summed E-state index contributed by atoms with van der Waals surface area (Å²) in [5, 5.41) is 0. The van der Waals surface area contributed by atoms with E-state index < -0.39 is 0 Å². The van der Waals surface area contributed by atoms with Crippen LogP contribution < -0.4 is 5.73 Å². The zero-order chi connectivity index (χ0) is 14.9. The molecule has 2 N–H and O–H groups in total. The lowest BCUT2D eigenvalue weighted by atomic mass is 9.80. The first-order valence-electron chi connectivity index (χ1n) is 7.94. The lowest BCUT2D eigenvalue weighted by Crippen LogP contribution is -2.56. The molecule has 3 nitrogen and oxygen atoms in total. The molecule has 0 aromatic carbocycles. The molecule has 0 rings (SSSR count). The average Bonchev–Trinajstić information content (AvgIpc) is 2.32. The molecule has 0 spiro atoms. The normalized spacial score (nSPS) is 12.9. The number of ether oxygens (including phenoxy) is 1. The molecule has 0 saturated carbocycles. The second kappa shape index (κ2) is 9.73. The summed E-state index contributed by atoms with van der Waals surface area (Å²) in [5.41, 5.74) is 6.34. The standard InChI is InChI=1S/C16H36N2O/c1-7-18(9-10-19-8-2)16(13-17,11-14(3)4)12-15(5)6/h14-15H,7-13,17H2,1-6H3. The molecule has 3 heteroatoms. The average molecular weight is 272 g/mol. The second-order valence-corrected chi connectivity index (χ2v) is 6.40. The molecular weight excluding hydrogens is 236 g/mol. The summed E-state index contributed by atoms with van der Waals surface area (Å²) in [6.07, 6.45) is 2.34. The van der Waals surface area contributed by atoms with Crippen LogP contribution in [0.15, 0.2) is 0 Å². The first-order valence-corrected chi connectivity index (χ1v) is 7.94. The fourth-order valence-corrected chi connectivity index (χ4v) is 3.21. The second-order valence-electron chi connectivity index (χ2n) is 6.40. The summed E-state index contributed by atoms with van der Waals surface area (Å²) in [7, 11) is 0. The molecule has 0 fully saturated rings. The molecule has 0 saturated heterocycles. The Balaban J connectivity index is 4.90. The zero-order valence-electron chi connectivity index (χ0n) is 14.0. The quantitative estimate of drug-likeness (QED) is 0.587. The van der Waals surface area contributed by atoms with Crippen molar-refractivity contribution in [3.63, 3.8) is 0 Å². The molecule has 0 aliphatic heterocycles. The van der Waals surface area contributed by atoms with Crippen LogP contribution in [0, 0.1) is 11.8 Å². The van der Waals surface area contributed by atoms with Crippen LogP contribution in [0.2, 0.25) is 0 Å². The summed E-state index contributed by atoms with van der Waals surface area (Å²) in [5.74, 6) is 1.34. The van der Waals surface area contributed by atoms with Crippen molar-refractivity contribution < 1.29 is 4.74 Å². The van der Waals surface area contributed by atoms with Gasteiger partial charge in [0.1, 0.15) is 0 Å². The van der Waals surface area contributed by atoms with Crippen molar-refractivity contribution in [1.29, 1.82) is 0 Å². The van der Waals surface area contributed by atoms with Crippen molar-refractivity contribution in [2.75, 3.05) is 32.8 Å². The number of hydrogen-bond donors (Lipinski definition) is 1. The topological polar surface area (TPSA) is 38.5 Å². The highest BCUT2D eigenvalue weighted by molar-refractivity contribution is 4.93. The van der Waals surface area contributed by atoms with E-state index in [1.165, 1.54) is 12.8 Å². The molecular formula is C16H36N2O. The fourth-order valence-electron chi connectivity index (χ4n) is 3.21. The molecule has 0 bridgehead atoms. The van der Waals surface area contributed by atoms with Crippen molar-refractivity contribution in [2.24, 2.45) is 17.6 Å². The minimum atomic E-state index is 0.133. The number of likely N-dealkylation sites (N-methyl/N-ethyl adjacent to an activating group) is 1. The molecule has 19 heavy (non-hydrogen) atoms. The van der Waals surface area contributed by atoms with Crippen molar-refractivity contribution in [3.05, 3.63) is 0 Å². The van der Waals surface area contributed by atoms with Gasteiger partial charge < -0.3 is 10.5 Å². The molecule has 0 unspecified atom stereocenters. The summed E-state index contributed by atoms with van der Waals surface area (Å²) in [6.45, 7) is 17.8. The SMILES string of the molecule is CCOCCN(CC)C(CN)(CC(C)C)CC(C)C. The fraction of sp³-hybridized carbons (Fsp3) is 1.00. The molecule has 0 aliphatic carbocycles. The smallest absolute Gasteiger partial charge is 0.0593 e. The van der Waals surface area contributed by atoms with Gasteiger partial charge in [-0.25, -0.2) is 0 Å². The Kier molecular flexibility index (Phi) is 9.67. The first-order chi connectivity index (χ1) is 8.91. The van der Waals surface area contributed by atoms with Gasteiger partial charge in [0.2, 0.25) is 0 Å². The van der Waals surface area contributed by atoms with E-state index in [9.17, 15) is 0 Å². The minimum absolute atomic E-state index is 0.133. The van der Waals surface area contributed by atoms with Crippen molar-refractivity contribution in [2.45, 2.75) is 59.9 Å². The van der Waals surface area contributed by atoms with Crippen LogP contribution in [0.25, 0.3) is 0 Å². The lowest BCUT2D eigenvalue weighted by molar-refractivity contribution is 0.0268. The number of rotatable bonds is 11. The molecule has 0 radical (unpaired) electrons. The maximum Gasteiger partial charge on any atom is 0.0593 e. The maximum absolute atomic E-state index is 6.20. The molecule has 0 atom stereocenters. The third-order valence-corrected chi connectivity index (χ3v) is 3.72. The van der Waals surface area contributed by atoms with Gasteiger partial charge in [-0.15, -0.1) is 0 Å². The Bertz CT molecular complexity index is 207. The Morgan fingerprint density at radius 3 is 1.89 bits per heavy atom. The molecule has 0 aliphatic rings. The predicted octanol–water partition coefficient (Wildman–Crippen LogP) is 3.13. The van der Waals surface area contributed by atoms with Crippen LogP contribution in [0.5, 0.6) is 0 Å². The molecule has 0 amide bonds. The van der Waals surface area contributed by atoms with Gasteiger partial charge in [-0.05, 0) is 38.1 Å². The highest BCUT2D eigenvalue weighted by atomic mass is 16.5. The third-order valence-electron chi connectivity index (χ3n) is 3.72. The van der Waals surface area contributed by atoms with Crippen molar-refractivity contribution >= 4 is 0 Å². The van der Waals surface area contributed by atoms with E-state index in [0.717, 1.165) is 32.8 Å². The van der Waals surface area contributed by atoms with Crippen molar-refractivity contribution in [1.82, 2.24) is 4.90 Å². The van der Waals surface area contributed by atoms with Gasteiger partial charge in [0.05, 0.1) is 6.61 Å². The number of nitrogens with zero attached hydrogens (tertiary/aromatic N) is 1. The Morgan fingerprint density at radius 2 is 1.58 bits per heavy atom. The zero-order valence-corrected chi connectivity index (χ0v) is 14.0. The monoisotopic (exact) mass is 272 g/mol. The summed E-state index contributed by atoms with van der Waals surface area (Å²) in [4.78, 5) is 2.54. The first kappa shape index (κ1) is 18.9. The van der Waals surface area contributed by atoms with Gasteiger partial charge in [-0.3, -0.25) is 4.90 Å². The van der Waals surface area contributed by atoms with Gasteiger partial charge in [0.25, 0.3) is 0 Å². The van der Waals surface area contributed by atoms with Crippen LogP contribution in [0.4, 0.5) is 0 Å². The van der Waals surface area contributed by atoms with Crippen LogP contribution in [-0.4, -0.2) is 43.3 Å². The van der Waals surface area contributed by atoms with Gasteiger partial charge in [-0.1, -0.05) is 34.6 Å². The molecule has 116 valence electrons. The number of nitrogens with two attached hydrogens (primary N) is 1. The number of hydrogen-bond acceptors (Lipinski definition) is 3. The summed E-state index contributed by atoms with van der Waals surface area (Å²) in [6, 6.07) is 0. The van der Waals surface area contributed by atoms with Gasteiger partial charge in [-0.2, -0.15) is 0 Å². The summed E-state index contributed by atoms with van der Waals surface area (Å²) < 4.78 is 5.53. The van der Waals surface area contributed by atoms with Gasteiger partial charge in [0.15, 0.2) is 0 Å². The predicted molar refractivity (Wildman–Crippen MR) is 84.4 cm³/mol. The van der Waals surface area contributed by atoms with Crippen LogP contribution >= 0.6 is 0 Å². The van der Waals surface area contributed by atoms with Gasteiger partial charge >= 0.3 is 0 Å². The van der Waals surface area contributed by atoms with E-state index in [4.69, 9.17) is 10.5 Å². The Morgan fingerprint density at radius 1 is 1.05 bits per heavy atom. The van der Waals surface area contributed by atoms with Gasteiger partial charge in [0, 0.05) is 25.2 Å². The van der Waals surface area contributed by atoms with E-state index in [-0.39, 0.29) is 5.54 Å². The lowest BCUT2D eigenvalue weighted by Gasteiger charge is -2.45. The summed E-state index contributed by atoms with van der Waals surface area (Å²) >= 11 is 0. The highest BCUT2D eigenvalue weighted by Crippen LogP contribution is 2.30. The molecule has 0 aromatic heterocycles. The van der Waals surface area contributed by atoms with Crippen LogP contribution in [0.3, 0.4) is 0 Å². The van der Waals surface area contributed by atoms with E-state index in [1.54, 1.807) is 0 Å². The van der Waals surface area contributed by atoms with Crippen molar-refractivity contribution in [3.8, 4) is 0 Å². The largest absolute Gasteiger partial charge is 0.380 e. The highest BCUT2D eigenvalue weighted by Gasteiger charge is 2.35. The minimum Gasteiger partial charge on any atom is -0.380 e. The van der Waals surface area contributed by atoms with E-state index in [0.29, 0.717) is 11.8 Å². The molecule has 0 heterocycles. The van der Waals surface area contributed by atoms with E-state index in [1.807, 2.05) is 0 Å².